The van der Waals surface area contributed by atoms with Gasteiger partial charge in [-0.25, -0.2) is 4.98 Å². The fraction of sp³-hybridized carbons (Fsp3) is 0.167. The second-order valence-corrected chi connectivity index (χ2v) is 7.81. The molecule has 2 aromatic heterocycles. The Labute approximate surface area is 184 Å². The SMILES string of the molecule is COc1cc(C(=O)c2cn(-c3cccc(C)c3)cc2-c2nccs2)cc(OC)c1OC. The van der Waals surface area contributed by atoms with Crippen LogP contribution < -0.4 is 14.2 Å². The average molecular weight is 435 g/mol. The number of benzene rings is 2. The van der Waals surface area contributed by atoms with E-state index in [2.05, 4.69) is 11.1 Å². The lowest BCUT2D eigenvalue weighted by Crippen LogP contribution is -2.04. The molecule has 31 heavy (non-hydrogen) atoms. The Morgan fingerprint density at radius 3 is 2.32 bits per heavy atom. The van der Waals surface area contributed by atoms with Crippen molar-refractivity contribution >= 4 is 17.1 Å². The van der Waals surface area contributed by atoms with Crippen LogP contribution in [0.1, 0.15) is 21.5 Å². The molecule has 0 unspecified atom stereocenters. The van der Waals surface area contributed by atoms with Crippen molar-refractivity contribution < 1.29 is 19.0 Å². The molecular weight excluding hydrogens is 412 g/mol. The molecule has 6 nitrogen and oxygen atoms in total. The van der Waals surface area contributed by atoms with Crippen LogP contribution in [0.25, 0.3) is 16.3 Å². The topological polar surface area (TPSA) is 62.6 Å². The zero-order chi connectivity index (χ0) is 22.0. The fourth-order valence-corrected chi connectivity index (χ4v) is 4.13. The van der Waals surface area contributed by atoms with Crippen LogP contribution in [0.2, 0.25) is 0 Å². The third-order valence-electron chi connectivity index (χ3n) is 4.96. The summed E-state index contributed by atoms with van der Waals surface area (Å²) in [7, 11) is 4.59. The van der Waals surface area contributed by atoms with Crippen molar-refractivity contribution in [3.05, 3.63) is 77.1 Å². The smallest absolute Gasteiger partial charge is 0.203 e. The van der Waals surface area contributed by atoms with E-state index >= 15 is 0 Å². The molecule has 0 N–H and O–H groups in total. The van der Waals surface area contributed by atoms with Gasteiger partial charge in [0.05, 0.1) is 26.9 Å². The summed E-state index contributed by atoms with van der Waals surface area (Å²) in [6.07, 6.45) is 5.52. The van der Waals surface area contributed by atoms with E-state index in [0.29, 0.717) is 28.4 Å². The number of carbonyl (C=O) groups is 1. The molecular formula is C24H22N2O4S. The summed E-state index contributed by atoms with van der Waals surface area (Å²) < 4.78 is 18.2. The van der Waals surface area contributed by atoms with E-state index in [9.17, 15) is 4.79 Å². The van der Waals surface area contributed by atoms with Gasteiger partial charge in [-0.1, -0.05) is 12.1 Å². The molecule has 0 spiro atoms. The molecule has 158 valence electrons. The molecule has 0 aliphatic rings. The minimum Gasteiger partial charge on any atom is -0.493 e. The lowest BCUT2D eigenvalue weighted by Gasteiger charge is -2.13. The number of thiazole rings is 1. The highest BCUT2D eigenvalue weighted by Crippen LogP contribution is 2.39. The van der Waals surface area contributed by atoms with Crippen LogP contribution in [-0.2, 0) is 0 Å². The molecule has 7 heteroatoms. The van der Waals surface area contributed by atoms with Gasteiger partial charge in [0, 0.05) is 40.8 Å². The molecule has 4 rings (SSSR count). The number of nitrogens with zero attached hydrogens (tertiary/aromatic N) is 2. The number of rotatable bonds is 7. The van der Waals surface area contributed by atoms with Crippen LogP contribution in [-0.4, -0.2) is 36.7 Å². The zero-order valence-electron chi connectivity index (χ0n) is 17.7. The summed E-state index contributed by atoms with van der Waals surface area (Å²) in [4.78, 5) is 18.0. The highest BCUT2D eigenvalue weighted by molar-refractivity contribution is 7.13. The molecule has 0 aliphatic carbocycles. The summed E-state index contributed by atoms with van der Waals surface area (Å²) in [5.74, 6) is 1.15. The van der Waals surface area contributed by atoms with Gasteiger partial charge in [-0.2, -0.15) is 0 Å². The molecule has 0 radical (unpaired) electrons. The van der Waals surface area contributed by atoms with Gasteiger partial charge < -0.3 is 18.8 Å². The normalized spacial score (nSPS) is 10.7. The van der Waals surface area contributed by atoms with Crippen molar-refractivity contribution in [2.45, 2.75) is 6.92 Å². The monoisotopic (exact) mass is 434 g/mol. The molecule has 0 fully saturated rings. The van der Waals surface area contributed by atoms with Gasteiger partial charge in [0.15, 0.2) is 17.3 Å². The number of ether oxygens (including phenoxy) is 3. The first-order valence-corrected chi connectivity index (χ1v) is 10.5. The van der Waals surface area contributed by atoms with Crippen molar-refractivity contribution in [3.63, 3.8) is 0 Å². The summed E-state index contributed by atoms with van der Waals surface area (Å²) >= 11 is 1.49. The Morgan fingerprint density at radius 2 is 1.74 bits per heavy atom. The molecule has 0 aliphatic heterocycles. The van der Waals surface area contributed by atoms with Crippen molar-refractivity contribution in [1.82, 2.24) is 9.55 Å². The first-order valence-electron chi connectivity index (χ1n) is 9.59. The first-order chi connectivity index (χ1) is 15.0. The van der Waals surface area contributed by atoms with Gasteiger partial charge in [0.2, 0.25) is 5.75 Å². The van der Waals surface area contributed by atoms with Crippen LogP contribution in [0.4, 0.5) is 0 Å². The highest BCUT2D eigenvalue weighted by Gasteiger charge is 2.23. The summed E-state index contributed by atoms with van der Waals surface area (Å²) in [6.45, 7) is 2.04. The predicted molar refractivity (Wildman–Crippen MR) is 121 cm³/mol. The summed E-state index contributed by atoms with van der Waals surface area (Å²) in [6, 6.07) is 11.4. The molecule has 0 amide bonds. The van der Waals surface area contributed by atoms with Gasteiger partial charge in [-0.05, 0) is 36.8 Å². The number of aromatic nitrogens is 2. The van der Waals surface area contributed by atoms with E-state index < -0.39 is 0 Å². The maximum Gasteiger partial charge on any atom is 0.203 e. The van der Waals surface area contributed by atoms with E-state index in [-0.39, 0.29) is 5.78 Å². The van der Waals surface area contributed by atoms with E-state index in [4.69, 9.17) is 14.2 Å². The third kappa shape index (κ3) is 3.92. The Morgan fingerprint density at radius 1 is 1.00 bits per heavy atom. The molecule has 2 heterocycles. The van der Waals surface area contributed by atoms with Crippen LogP contribution in [0, 0.1) is 6.92 Å². The predicted octanol–water partition coefficient (Wildman–Crippen LogP) is 5.17. The second-order valence-electron chi connectivity index (χ2n) is 6.91. The molecule has 0 bridgehead atoms. The minimum absolute atomic E-state index is 0.157. The lowest BCUT2D eigenvalue weighted by atomic mass is 10.0. The number of hydrogen-bond acceptors (Lipinski definition) is 6. The summed E-state index contributed by atoms with van der Waals surface area (Å²) in [5, 5.41) is 2.68. The minimum atomic E-state index is -0.157. The number of hydrogen-bond donors (Lipinski definition) is 0. The Hall–Kier alpha value is -3.58. The lowest BCUT2D eigenvalue weighted by molar-refractivity contribution is 0.103. The van der Waals surface area contributed by atoms with Crippen molar-refractivity contribution in [2.75, 3.05) is 21.3 Å². The van der Waals surface area contributed by atoms with Crippen molar-refractivity contribution in [1.29, 1.82) is 0 Å². The molecule has 0 saturated heterocycles. The van der Waals surface area contributed by atoms with Gasteiger partial charge in [0.1, 0.15) is 5.01 Å². The second kappa shape index (κ2) is 8.65. The number of ketones is 1. The summed E-state index contributed by atoms with van der Waals surface area (Å²) in [5.41, 5.74) is 3.87. The Kier molecular flexibility index (Phi) is 5.77. The van der Waals surface area contributed by atoms with Crippen LogP contribution in [0.3, 0.4) is 0 Å². The van der Waals surface area contributed by atoms with E-state index in [1.807, 2.05) is 47.5 Å². The maximum absolute atomic E-state index is 13.6. The zero-order valence-corrected chi connectivity index (χ0v) is 18.5. The van der Waals surface area contributed by atoms with Gasteiger partial charge in [-0.15, -0.1) is 11.3 Å². The first kappa shape index (κ1) is 20.7. The van der Waals surface area contributed by atoms with E-state index in [1.165, 1.54) is 32.7 Å². The van der Waals surface area contributed by atoms with Gasteiger partial charge in [-0.3, -0.25) is 4.79 Å². The van der Waals surface area contributed by atoms with Crippen LogP contribution in [0.5, 0.6) is 17.2 Å². The van der Waals surface area contributed by atoms with E-state index in [0.717, 1.165) is 21.8 Å². The Balaban J connectivity index is 1.86. The molecule has 0 saturated carbocycles. The van der Waals surface area contributed by atoms with E-state index in [1.54, 1.807) is 18.3 Å². The number of carbonyl (C=O) groups excluding carboxylic acids is 1. The highest BCUT2D eigenvalue weighted by atomic mass is 32.1. The van der Waals surface area contributed by atoms with Crippen molar-refractivity contribution in [2.24, 2.45) is 0 Å². The standard InChI is InChI=1S/C24H22N2O4S/c1-15-6-5-7-17(10-15)26-13-18(19(14-26)24-25-8-9-31-24)22(27)16-11-20(28-2)23(30-4)21(12-16)29-3/h5-14H,1-4H3. The molecule has 0 atom stereocenters. The molecule has 2 aromatic carbocycles. The largest absolute Gasteiger partial charge is 0.493 e. The Bertz CT molecular complexity index is 1200. The third-order valence-corrected chi connectivity index (χ3v) is 5.77. The maximum atomic E-state index is 13.6. The fourth-order valence-electron chi connectivity index (χ4n) is 3.47. The average Bonchev–Trinajstić information content (AvgIpc) is 3.47. The number of aryl methyl sites for hydroxylation is 1. The van der Waals surface area contributed by atoms with Crippen molar-refractivity contribution in [3.8, 4) is 33.5 Å². The van der Waals surface area contributed by atoms with Gasteiger partial charge >= 0.3 is 0 Å². The number of methoxy groups -OCH3 is 3. The van der Waals surface area contributed by atoms with Gasteiger partial charge in [0.25, 0.3) is 0 Å². The van der Waals surface area contributed by atoms with Crippen LogP contribution >= 0.6 is 11.3 Å². The van der Waals surface area contributed by atoms with Crippen LogP contribution in [0.15, 0.2) is 60.4 Å². The molecule has 4 aromatic rings. The quantitative estimate of drug-likeness (QED) is 0.376.